The van der Waals surface area contributed by atoms with Gasteiger partial charge in [-0.3, -0.25) is 0 Å². The first-order chi connectivity index (χ1) is 23.4. The Balaban J connectivity index is 1.41. The topological polar surface area (TPSA) is 38.4 Å². The maximum absolute atomic E-state index is 6.81. The molecule has 48 heavy (non-hydrogen) atoms. The number of nitrogens with zero attached hydrogens (tertiary/aromatic N) is 1. The van der Waals surface area contributed by atoms with Crippen molar-refractivity contribution in [2.24, 2.45) is 10.7 Å². The first kappa shape index (κ1) is 32.0. The fourth-order valence-electron chi connectivity index (χ4n) is 6.22. The predicted octanol–water partition coefficient (Wildman–Crippen LogP) is 12.1. The lowest BCUT2D eigenvalue weighted by Crippen LogP contribution is -2.13. The molecule has 0 aliphatic carbocycles. The van der Waals surface area contributed by atoms with Crippen LogP contribution in [0.25, 0.3) is 49.5 Å². The Hall–Kier alpha value is -5.99. The normalized spacial score (nSPS) is 12.3. The fraction of sp³-hybridized carbons (Fsp3) is 0.0652. The van der Waals surface area contributed by atoms with Crippen LogP contribution in [0.2, 0.25) is 0 Å². The van der Waals surface area contributed by atoms with Gasteiger partial charge < -0.3 is 5.73 Å². The van der Waals surface area contributed by atoms with Gasteiger partial charge in [0.2, 0.25) is 0 Å². The lowest BCUT2D eigenvalue weighted by atomic mass is 9.91. The van der Waals surface area contributed by atoms with Crippen molar-refractivity contribution in [3.8, 4) is 22.3 Å². The standard InChI is InChI=1S/C46H40N2/c1-6-7-24-40(31(2)3)45(47)32(4)46(34-17-9-8-10-18-34)48-33(5)35-20-15-21-36(28-35)37-22-16-23-38(29-37)44-30-39-19-11-12-25-41(39)42-26-13-14-27-43(42)44/h6-30H,1,5,47H2,2-4H3/b24-7-,45-32-,48-46?. The van der Waals surface area contributed by atoms with Crippen molar-refractivity contribution in [2.75, 3.05) is 0 Å². The molecule has 0 aliphatic heterocycles. The van der Waals surface area contributed by atoms with Crippen molar-refractivity contribution in [3.63, 3.8) is 0 Å². The van der Waals surface area contributed by atoms with E-state index in [0.29, 0.717) is 11.4 Å². The molecule has 234 valence electrons. The zero-order valence-corrected chi connectivity index (χ0v) is 27.9. The van der Waals surface area contributed by atoms with Crippen LogP contribution in [0.1, 0.15) is 31.9 Å². The number of aliphatic imine (C=N–C) groups is 1. The van der Waals surface area contributed by atoms with Crippen LogP contribution in [0.15, 0.2) is 192 Å². The van der Waals surface area contributed by atoms with Crippen molar-refractivity contribution < 1.29 is 0 Å². The fourth-order valence-corrected chi connectivity index (χ4v) is 6.22. The predicted molar refractivity (Wildman–Crippen MR) is 209 cm³/mol. The molecular weight excluding hydrogens is 581 g/mol. The van der Waals surface area contributed by atoms with Gasteiger partial charge in [-0.25, -0.2) is 4.99 Å². The van der Waals surface area contributed by atoms with Gasteiger partial charge in [-0.1, -0.05) is 152 Å². The molecule has 6 aromatic rings. The lowest BCUT2D eigenvalue weighted by molar-refractivity contribution is 1.22. The molecule has 0 aliphatic rings. The minimum absolute atomic E-state index is 0.667. The van der Waals surface area contributed by atoms with Gasteiger partial charge in [0.15, 0.2) is 0 Å². The Morgan fingerprint density at radius 3 is 1.96 bits per heavy atom. The Bertz CT molecular complexity index is 2290. The van der Waals surface area contributed by atoms with E-state index in [1.54, 1.807) is 6.08 Å². The van der Waals surface area contributed by atoms with Crippen LogP contribution in [0.4, 0.5) is 0 Å². The zero-order valence-electron chi connectivity index (χ0n) is 27.9. The number of benzene rings is 6. The van der Waals surface area contributed by atoms with Gasteiger partial charge >= 0.3 is 0 Å². The minimum Gasteiger partial charge on any atom is -0.398 e. The molecular formula is C46H40N2. The van der Waals surface area contributed by atoms with E-state index >= 15 is 0 Å². The number of hydrogen-bond acceptors (Lipinski definition) is 2. The molecule has 0 atom stereocenters. The quantitative estimate of drug-likeness (QED) is 0.0975. The maximum atomic E-state index is 6.81. The zero-order chi connectivity index (χ0) is 33.6. The first-order valence-corrected chi connectivity index (χ1v) is 16.2. The Morgan fingerprint density at radius 1 is 0.625 bits per heavy atom. The third-order valence-corrected chi connectivity index (χ3v) is 8.75. The molecule has 6 rings (SSSR count). The third kappa shape index (κ3) is 6.61. The average molecular weight is 621 g/mol. The highest BCUT2D eigenvalue weighted by atomic mass is 14.8. The summed E-state index contributed by atoms with van der Waals surface area (Å²) in [5.41, 5.74) is 18.5. The molecule has 2 nitrogen and oxygen atoms in total. The molecule has 0 radical (unpaired) electrons. The monoisotopic (exact) mass is 620 g/mol. The number of hydrogen-bond donors (Lipinski definition) is 1. The van der Waals surface area contributed by atoms with Crippen molar-refractivity contribution >= 4 is 33.0 Å². The Kier molecular flexibility index (Phi) is 9.45. The van der Waals surface area contributed by atoms with Crippen molar-refractivity contribution in [3.05, 3.63) is 198 Å². The third-order valence-electron chi connectivity index (χ3n) is 8.75. The number of nitrogens with two attached hydrogens (primary N) is 1. The maximum Gasteiger partial charge on any atom is 0.0759 e. The van der Waals surface area contributed by atoms with Crippen molar-refractivity contribution in [1.82, 2.24) is 0 Å². The van der Waals surface area contributed by atoms with Gasteiger partial charge in [0, 0.05) is 16.8 Å². The molecule has 0 spiro atoms. The number of rotatable bonds is 9. The molecule has 0 bridgehead atoms. The molecule has 2 N–H and O–H groups in total. The smallest absolute Gasteiger partial charge is 0.0759 e. The van der Waals surface area contributed by atoms with E-state index in [4.69, 9.17) is 10.7 Å². The Morgan fingerprint density at radius 2 is 1.23 bits per heavy atom. The second-order valence-corrected chi connectivity index (χ2v) is 12.2. The highest BCUT2D eigenvalue weighted by Gasteiger charge is 2.14. The summed E-state index contributed by atoms with van der Waals surface area (Å²) >= 11 is 0. The van der Waals surface area contributed by atoms with Gasteiger partial charge in [0.1, 0.15) is 0 Å². The molecule has 0 aromatic heterocycles. The van der Waals surface area contributed by atoms with Gasteiger partial charge in [-0.05, 0) is 93.9 Å². The molecule has 0 fully saturated rings. The molecule has 0 unspecified atom stereocenters. The minimum atomic E-state index is 0.667. The van der Waals surface area contributed by atoms with E-state index < -0.39 is 0 Å². The Labute approximate surface area is 284 Å². The van der Waals surface area contributed by atoms with Crippen LogP contribution in [-0.4, -0.2) is 5.71 Å². The van der Waals surface area contributed by atoms with Crippen LogP contribution in [-0.2, 0) is 0 Å². The van der Waals surface area contributed by atoms with Crippen LogP contribution < -0.4 is 5.73 Å². The van der Waals surface area contributed by atoms with Crippen LogP contribution in [0, 0.1) is 0 Å². The molecule has 0 amide bonds. The van der Waals surface area contributed by atoms with Crippen LogP contribution in [0.5, 0.6) is 0 Å². The summed E-state index contributed by atoms with van der Waals surface area (Å²) in [5.74, 6) is 0. The summed E-state index contributed by atoms with van der Waals surface area (Å²) in [5, 5.41) is 5.02. The van der Waals surface area contributed by atoms with E-state index in [-0.39, 0.29) is 0 Å². The second-order valence-electron chi connectivity index (χ2n) is 12.2. The highest BCUT2D eigenvalue weighted by molar-refractivity contribution is 6.15. The SMILES string of the molecule is C=C/C=C\C(=C(C)C)/C(N)=C(\C)C(=NC(=C)c1cccc(-c2cccc(-c3cc4ccccc4c4ccccc34)c2)c1)c1ccccc1. The van der Waals surface area contributed by atoms with E-state index in [1.165, 1.54) is 32.7 Å². The molecule has 0 heterocycles. The van der Waals surface area contributed by atoms with Gasteiger partial charge in [0.25, 0.3) is 0 Å². The van der Waals surface area contributed by atoms with E-state index in [2.05, 4.69) is 142 Å². The van der Waals surface area contributed by atoms with Crippen LogP contribution in [0.3, 0.4) is 0 Å². The van der Waals surface area contributed by atoms with Gasteiger partial charge in [-0.2, -0.15) is 0 Å². The van der Waals surface area contributed by atoms with E-state index in [0.717, 1.165) is 44.7 Å². The van der Waals surface area contributed by atoms with E-state index in [9.17, 15) is 0 Å². The summed E-state index contributed by atoms with van der Waals surface area (Å²) in [6, 6.07) is 47.0. The summed E-state index contributed by atoms with van der Waals surface area (Å²) in [6.07, 6.45) is 5.66. The summed E-state index contributed by atoms with van der Waals surface area (Å²) in [7, 11) is 0. The number of fused-ring (bicyclic) bond motifs is 3. The average Bonchev–Trinajstić information content (AvgIpc) is 3.13. The van der Waals surface area contributed by atoms with Gasteiger partial charge in [-0.15, -0.1) is 0 Å². The molecule has 0 saturated heterocycles. The summed E-state index contributed by atoms with van der Waals surface area (Å²) in [4.78, 5) is 5.14. The van der Waals surface area contributed by atoms with Gasteiger partial charge in [0.05, 0.1) is 11.4 Å². The lowest BCUT2D eigenvalue weighted by Gasteiger charge is -2.15. The summed E-state index contributed by atoms with van der Waals surface area (Å²) < 4.78 is 0. The van der Waals surface area contributed by atoms with Crippen molar-refractivity contribution in [1.29, 1.82) is 0 Å². The highest BCUT2D eigenvalue weighted by Crippen LogP contribution is 2.36. The second kappa shape index (κ2) is 14.2. The molecule has 6 aromatic carbocycles. The number of allylic oxidation sites excluding steroid dienone is 5. The molecule has 2 heteroatoms. The van der Waals surface area contributed by atoms with Crippen LogP contribution >= 0.6 is 0 Å². The first-order valence-electron chi connectivity index (χ1n) is 16.2. The van der Waals surface area contributed by atoms with E-state index in [1.807, 2.05) is 37.3 Å². The molecule has 0 saturated carbocycles. The largest absolute Gasteiger partial charge is 0.398 e. The van der Waals surface area contributed by atoms with Crippen molar-refractivity contribution in [2.45, 2.75) is 20.8 Å². The summed E-state index contributed by atoms with van der Waals surface area (Å²) in [6.45, 7) is 14.4.